The van der Waals surface area contributed by atoms with Crippen LogP contribution in [0.4, 0.5) is 0 Å². The average molecular weight is 404 g/mol. The Labute approximate surface area is 175 Å². The van der Waals surface area contributed by atoms with Gasteiger partial charge in [0.15, 0.2) is 11.5 Å². The Morgan fingerprint density at radius 2 is 1.97 bits per heavy atom. The van der Waals surface area contributed by atoms with Gasteiger partial charge in [0.05, 0.1) is 33.5 Å². The van der Waals surface area contributed by atoms with Gasteiger partial charge in [0.25, 0.3) is 0 Å². The van der Waals surface area contributed by atoms with Crippen molar-refractivity contribution in [1.82, 2.24) is 4.90 Å². The van der Waals surface area contributed by atoms with Gasteiger partial charge in [0.2, 0.25) is 0 Å². The normalized spacial score (nSPS) is 23.3. The van der Waals surface area contributed by atoms with Crippen molar-refractivity contribution in [3.63, 3.8) is 0 Å². The highest BCUT2D eigenvalue weighted by Gasteiger charge is 2.50. The molecule has 0 aliphatic heterocycles. The SMILES string of the molecule is COc1ccc(CCN(C)CC(O)COCC2=CCC3CC2C3(C)C)cc1OC. The molecule has 3 aliphatic rings. The first kappa shape index (κ1) is 22.1. The molecule has 2 bridgehead atoms. The summed E-state index contributed by atoms with van der Waals surface area (Å²) in [6.45, 7) is 7.25. The summed E-state index contributed by atoms with van der Waals surface area (Å²) in [5.74, 6) is 3.01. The smallest absolute Gasteiger partial charge is 0.160 e. The van der Waals surface area contributed by atoms with Crippen LogP contribution in [0, 0.1) is 17.3 Å². The van der Waals surface area contributed by atoms with Gasteiger partial charge in [-0.25, -0.2) is 0 Å². The summed E-state index contributed by atoms with van der Waals surface area (Å²) in [6, 6.07) is 6.00. The fraction of sp³-hybridized carbons (Fsp3) is 0.667. The van der Waals surface area contributed by atoms with E-state index in [2.05, 4.69) is 30.9 Å². The number of ether oxygens (including phenoxy) is 3. The van der Waals surface area contributed by atoms with Crippen molar-refractivity contribution in [2.75, 3.05) is 47.6 Å². The van der Waals surface area contributed by atoms with Gasteiger partial charge in [0, 0.05) is 13.1 Å². The van der Waals surface area contributed by atoms with Crippen LogP contribution in [0.3, 0.4) is 0 Å². The van der Waals surface area contributed by atoms with Crippen LogP contribution in [-0.4, -0.2) is 63.7 Å². The van der Waals surface area contributed by atoms with Crippen LogP contribution in [0.1, 0.15) is 32.3 Å². The molecule has 1 aromatic rings. The van der Waals surface area contributed by atoms with Gasteiger partial charge >= 0.3 is 0 Å². The van der Waals surface area contributed by atoms with Gasteiger partial charge in [-0.15, -0.1) is 0 Å². The molecule has 5 heteroatoms. The van der Waals surface area contributed by atoms with E-state index in [9.17, 15) is 5.11 Å². The fourth-order valence-corrected chi connectivity index (χ4v) is 4.81. The third-order valence-corrected chi connectivity index (χ3v) is 6.91. The molecule has 1 N–H and O–H groups in total. The molecule has 0 heterocycles. The standard InChI is InChI=1S/C24H37NO4/c1-24(2)19-8-7-18(21(24)13-19)15-29-16-20(26)14-25(3)11-10-17-6-9-22(27-4)23(12-17)28-5/h6-7,9,12,19-21,26H,8,10-11,13-16H2,1-5H3. The van der Waals surface area contributed by atoms with Gasteiger partial charge in [-0.05, 0) is 66.8 Å². The van der Waals surface area contributed by atoms with Crippen LogP contribution in [-0.2, 0) is 11.2 Å². The summed E-state index contributed by atoms with van der Waals surface area (Å²) in [7, 11) is 5.33. The topological polar surface area (TPSA) is 51.2 Å². The van der Waals surface area contributed by atoms with Crippen LogP contribution in [0.2, 0.25) is 0 Å². The molecular formula is C24H37NO4. The maximum absolute atomic E-state index is 10.4. The number of fused-ring (bicyclic) bond motifs is 1. The number of aliphatic hydroxyl groups excluding tert-OH is 1. The molecule has 0 amide bonds. The molecule has 1 fully saturated rings. The molecule has 4 rings (SSSR count). The predicted octanol–water partition coefficient (Wildman–Crippen LogP) is 3.55. The van der Waals surface area contributed by atoms with Crippen molar-refractivity contribution in [2.45, 2.75) is 39.2 Å². The quantitative estimate of drug-likeness (QED) is 0.573. The van der Waals surface area contributed by atoms with Gasteiger partial charge in [-0.2, -0.15) is 0 Å². The summed E-state index contributed by atoms with van der Waals surface area (Å²) in [6.07, 6.45) is 5.27. The summed E-state index contributed by atoms with van der Waals surface area (Å²) >= 11 is 0. The van der Waals surface area contributed by atoms with Crippen LogP contribution in [0.5, 0.6) is 11.5 Å². The lowest BCUT2D eigenvalue weighted by molar-refractivity contribution is -0.0255. The molecule has 0 aromatic heterocycles. The van der Waals surface area contributed by atoms with E-state index in [0.29, 0.717) is 31.1 Å². The third kappa shape index (κ3) is 5.14. The second-order valence-electron chi connectivity index (χ2n) is 9.19. The molecule has 1 saturated carbocycles. The van der Waals surface area contributed by atoms with Crippen LogP contribution >= 0.6 is 0 Å². The Bertz CT molecular complexity index is 715. The molecule has 162 valence electrons. The maximum atomic E-state index is 10.4. The molecule has 0 spiro atoms. The molecule has 5 nitrogen and oxygen atoms in total. The Kier molecular flexibility index (Phi) is 7.25. The molecule has 0 radical (unpaired) electrons. The number of rotatable bonds is 11. The Morgan fingerprint density at radius 3 is 2.62 bits per heavy atom. The van der Waals surface area contributed by atoms with Gasteiger partial charge in [-0.1, -0.05) is 26.0 Å². The van der Waals surface area contributed by atoms with Crippen LogP contribution in [0.15, 0.2) is 29.8 Å². The molecule has 1 aromatic carbocycles. The average Bonchev–Trinajstić information content (AvgIpc) is 2.71. The van der Waals surface area contributed by atoms with E-state index in [1.807, 2.05) is 19.2 Å². The zero-order chi connectivity index (χ0) is 21.0. The van der Waals surface area contributed by atoms with Crippen molar-refractivity contribution >= 4 is 0 Å². The van der Waals surface area contributed by atoms with Gasteiger partial charge in [0.1, 0.15) is 0 Å². The molecule has 3 unspecified atom stereocenters. The van der Waals surface area contributed by atoms with Crippen molar-refractivity contribution < 1.29 is 19.3 Å². The van der Waals surface area contributed by atoms with Crippen molar-refractivity contribution in [3.05, 3.63) is 35.4 Å². The van der Waals surface area contributed by atoms with Gasteiger partial charge in [-0.3, -0.25) is 0 Å². The van der Waals surface area contributed by atoms with E-state index in [4.69, 9.17) is 14.2 Å². The van der Waals surface area contributed by atoms with Crippen LogP contribution < -0.4 is 9.47 Å². The highest BCUT2D eigenvalue weighted by atomic mass is 16.5. The largest absolute Gasteiger partial charge is 0.493 e. The fourth-order valence-electron chi connectivity index (χ4n) is 4.81. The lowest BCUT2D eigenvalue weighted by Gasteiger charge is -2.56. The molecule has 0 saturated heterocycles. The number of benzene rings is 1. The number of aliphatic hydroxyl groups is 1. The first-order chi connectivity index (χ1) is 13.8. The predicted molar refractivity (Wildman–Crippen MR) is 116 cm³/mol. The number of hydrogen-bond acceptors (Lipinski definition) is 5. The third-order valence-electron chi connectivity index (χ3n) is 6.91. The highest BCUT2D eigenvalue weighted by Crippen LogP contribution is 2.59. The second-order valence-corrected chi connectivity index (χ2v) is 9.19. The monoisotopic (exact) mass is 403 g/mol. The number of hydrogen-bond donors (Lipinski definition) is 1. The van der Waals surface area contributed by atoms with Gasteiger partial charge < -0.3 is 24.2 Å². The minimum atomic E-state index is -0.475. The van der Waals surface area contributed by atoms with E-state index in [1.54, 1.807) is 14.2 Å². The van der Waals surface area contributed by atoms with E-state index in [0.717, 1.165) is 30.4 Å². The molecule has 3 aliphatic carbocycles. The summed E-state index contributed by atoms with van der Waals surface area (Å²) in [4.78, 5) is 2.14. The maximum Gasteiger partial charge on any atom is 0.160 e. The zero-order valence-corrected chi connectivity index (χ0v) is 18.6. The van der Waals surface area contributed by atoms with E-state index >= 15 is 0 Å². The number of allylic oxidation sites excluding steroid dienone is 1. The minimum Gasteiger partial charge on any atom is -0.493 e. The summed E-state index contributed by atoms with van der Waals surface area (Å²) in [5, 5.41) is 10.4. The summed E-state index contributed by atoms with van der Waals surface area (Å²) in [5.41, 5.74) is 3.05. The number of methoxy groups -OCH3 is 2. The summed E-state index contributed by atoms with van der Waals surface area (Å²) < 4.78 is 16.5. The van der Waals surface area contributed by atoms with E-state index < -0.39 is 6.10 Å². The first-order valence-corrected chi connectivity index (χ1v) is 10.7. The van der Waals surface area contributed by atoms with Crippen molar-refractivity contribution in [3.8, 4) is 11.5 Å². The molecule has 29 heavy (non-hydrogen) atoms. The first-order valence-electron chi connectivity index (χ1n) is 10.7. The Morgan fingerprint density at radius 1 is 1.21 bits per heavy atom. The lowest BCUT2D eigenvalue weighted by atomic mass is 9.49. The molecular weight excluding hydrogens is 366 g/mol. The van der Waals surface area contributed by atoms with Crippen molar-refractivity contribution in [2.24, 2.45) is 17.3 Å². The number of likely N-dealkylation sites (N-methyl/N-ethyl adjacent to an activating group) is 1. The zero-order valence-electron chi connectivity index (χ0n) is 18.6. The second kappa shape index (κ2) is 9.50. The number of nitrogens with zero attached hydrogens (tertiary/aromatic N) is 1. The van der Waals surface area contributed by atoms with E-state index in [1.165, 1.54) is 24.0 Å². The Balaban J connectivity index is 1.36. The lowest BCUT2D eigenvalue weighted by Crippen LogP contribution is -2.48. The highest BCUT2D eigenvalue weighted by molar-refractivity contribution is 5.42. The minimum absolute atomic E-state index is 0.384. The van der Waals surface area contributed by atoms with Crippen molar-refractivity contribution in [1.29, 1.82) is 0 Å². The van der Waals surface area contributed by atoms with Crippen LogP contribution in [0.25, 0.3) is 0 Å². The molecule has 3 atom stereocenters. The Hall–Kier alpha value is -1.56. The van der Waals surface area contributed by atoms with E-state index in [-0.39, 0.29) is 0 Å².